The number of amides is 1. The van der Waals surface area contributed by atoms with Gasteiger partial charge >= 0.3 is 0 Å². The molecule has 0 unspecified atom stereocenters. The maximum Gasteiger partial charge on any atom is 0.281 e. The van der Waals surface area contributed by atoms with Gasteiger partial charge in [-0.2, -0.15) is 17.0 Å². The molecule has 0 spiro atoms. The minimum Gasteiger partial charge on any atom is -0.342 e. The molecule has 0 aromatic rings. The predicted octanol–water partition coefficient (Wildman–Crippen LogP) is -0.407. The molecule has 0 rings (SSSR count). The van der Waals surface area contributed by atoms with Crippen molar-refractivity contribution in [1.82, 2.24) is 13.5 Å². The summed E-state index contributed by atoms with van der Waals surface area (Å²) in [5.74, 6) is -0.182. The van der Waals surface area contributed by atoms with E-state index in [0.29, 0.717) is 13.1 Å². The largest absolute Gasteiger partial charge is 0.342 e. The first-order valence-corrected chi connectivity index (χ1v) is 6.58. The van der Waals surface area contributed by atoms with Crippen molar-refractivity contribution in [3.05, 3.63) is 0 Å². The second kappa shape index (κ2) is 6.17. The fraction of sp³-hybridized carbons (Fsp3) is 0.889. The molecule has 0 saturated heterocycles. The normalized spacial score (nSPS) is 12.2. The average molecular weight is 251 g/mol. The fourth-order valence-electron chi connectivity index (χ4n) is 1.23. The van der Waals surface area contributed by atoms with Crippen molar-refractivity contribution in [1.29, 1.82) is 0 Å². The van der Waals surface area contributed by atoms with E-state index in [-0.39, 0.29) is 12.5 Å². The molecule has 0 saturated carbocycles. The average Bonchev–Trinajstić information content (AvgIpc) is 2.18. The fourth-order valence-corrected chi connectivity index (χ4v) is 2.06. The van der Waals surface area contributed by atoms with Crippen LogP contribution in [-0.4, -0.2) is 68.6 Å². The summed E-state index contributed by atoms with van der Waals surface area (Å²) in [4.78, 5) is 13.3. The van der Waals surface area contributed by atoms with Crippen LogP contribution in [0.4, 0.5) is 0 Å². The molecule has 0 aliphatic rings. The zero-order valence-electron chi connectivity index (χ0n) is 10.6. The van der Waals surface area contributed by atoms with Crippen molar-refractivity contribution in [2.24, 2.45) is 0 Å². The van der Waals surface area contributed by atoms with Gasteiger partial charge in [0.05, 0.1) is 6.54 Å². The monoisotopic (exact) mass is 251 g/mol. The van der Waals surface area contributed by atoms with Crippen molar-refractivity contribution in [3.63, 3.8) is 0 Å². The summed E-state index contributed by atoms with van der Waals surface area (Å²) in [6, 6.07) is 0. The van der Waals surface area contributed by atoms with Crippen molar-refractivity contribution in [2.75, 3.05) is 40.8 Å². The number of carbonyl (C=O) groups excluding carboxylic acids is 1. The standard InChI is InChI=1S/C9H21N3O3S/c1-6-12(7-2)9(13)8-11(5)16(14,15)10(3)4/h6-8H2,1-5H3. The summed E-state index contributed by atoms with van der Waals surface area (Å²) < 4.78 is 25.4. The molecule has 6 nitrogen and oxygen atoms in total. The lowest BCUT2D eigenvalue weighted by atomic mass is 10.4. The topological polar surface area (TPSA) is 60.9 Å². The third-order valence-corrected chi connectivity index (χ3v) is 4.17. The molecule has 0 heterocycles. The Morgan fingerprint density at radius 1 is 1.06 bits per heavy atom. The van der Waals surface area contributed by atoms with E-state index in [9.17, 15) is 13.2 Å². The summed E-state index contributed by atoms with van der Waals surface area (Å²) in [7, 11) is 0.773. The Labute approximate surface area is 98.0 Å². The Hall–Kier alpha value is -0.660. The van der Waals surface area contributed by atoms with E-state index < -0.39 is 10.2 Å². The van der Waals surface area contributed by atoms with Crippen molar-refractivity contribution in [3.8, 4) is 0 Å². The number of hydrogen-bond acceptors (Lipinski definition) is 3. The first-order valence-electron chi connectivity index (χ1n) is 5.18. The van der Waals surface area contributed by atoms with Crippen LogP contribution in [0.1, 0.15) is 13.8 Å². The van der Waals surface area contributed by atoms with Gasteiger partial charge in [-0.05, 0) is 13.8 Å². The van der Waals surface area contributed by atoms with Crippen LogP contribution < -0.4 is 0 Å². The Morgan fingerprint density at radius 2 is 1.50 bits per heavy atom. The maximum atomic E-state index is 11.7. The minimum atomic E-state index is -3.50. The number of nitrogens with zero attached hydrogens (tertiary/aromatic N) is 3. The Bertz CT molecular complexity index is 323. The van der Waals surface area contributed by atoms with Crippen LogP contribution in [-0.2, 0) is 15.0 Å². The molecule has 0 fully saturated rings. The molecule has 0 aromatic carbocycles. The van der Waals surface area contributed by atoms with E-state index in [1.165, 1.54) is 21.1 Å². The van der Waals surface area contributed by atoms with Gasteiger partial charge in [0.25, 0.3) is 10.2 Å². The molecule has 16 heavy (non-hydrogen) atoms. The van der Waals surface area contributed by atoms with E-state index in [1.807, 2.05) is 13.8 Å². The first-order chi connectivity index (χ1) is 7.27. The van der Waals surface area contributed by atoms with E-state index in [1.54, 1.807) is 4.90 Å². The predicted molar refractivity (Wildman–Crippen MR) is 63.2 cm³/mol. The minimum absolute atomic E-state index is 0.123. The van der Waals surface area contributed by atoms with Gasteiger partial charge in [0.2, 0.25) is 5.91 Å². The van der Waals surface area contributed by atoms with Crippen molar-refractivity contribution in [2.45, 2.75) is 13.8 Å². The second-order valence-electron chi connectivity index (χ2n) is 3.61. The van der Waals surface area contributed by atoms with Gasteiger partial charge in [-0.25, -0.2) is 0 Å². The maximum absolute atomic E-state index is 11.7. The van der Waals surface area contributed by atoms with Gasteiger partial charge in [0.15, 0.2) is 0 Å². The highest BCUT2D eigenvalue weighted by atomic mass is 32.2. The SMILES string of the molecule is CCN(CC)C(=O)CN(C)S(=O)(=O)N(C)C. The summed E-state index contributed by atoms with van der Waals surface area (Å²) in [5, 5.41) is 0. The van der Waals surface area contributed by atoms with E-state index in [2.05, 4.69) is 0 Å². The molecule has 0 aromatic heterocycles. The van der Waals surface area contributed by atoms with Crippen LogP contribution in [0.2, 0.25) is 0 Å². The lowest BCUT2D eigenvalue weighted by molar-refractivity contribution is -0.130. The summed E-state index contributed by atoms with van der Waals surface area (Å²) in [6.45, 7) is 4.78. The highest BCUT2D eigenvalue weighted by Crippen LogP contribution is 2.02. The third-order valence-electron chi connectivity index (χ3n) is 2.33. The van der Waals surface area contributed by atoms with Crippen LogP contribution in [0.5, 0.6) is 0 Å². The van der Waals surface area contributed by atoms with Crippen molar-refractivity contribution < 1.29 is 13.2 Å². The summed E-state index contributed by atoms with van der Waals surface area (Å²) in [6.07, 6.45) is 0. The Kier molecular flexibility index (Phi) is 5.91. The quantitative estimate of drug-likeness (QED) is 0.645. The third kappa shape index (κ3) is 3.73. The molecule has 96 valence electrons. The Balaban J connectivity index is 4.58. The molecule has 0 atom stereocenters. The van der Waals surface area contributed by atoms with E-state index in [0.717, 1.165) is 8.61 Å². The zero-order chi connectivity index (χ0) is 12.9. The van der Waals surface area contributed by atoms with E-state index >= 15 is 0 Å². The number of rotatable bonds is 6. The summed E-state index contributed by atoms with van der Waals surface area (Å²) in [5.41, 5.74) is 0. The summed E-state index contributed by atoms with van der Waals surface area (Å²) >= 11 is 0. The van der Waals surface area contributed by atoms with Crippen LogP contribution in [0.3, 0.4) is 0 Å². The van der Waals surface area contributed by atoms with Crippen LogP contribution in [0.15, 0.2) is 0 Å². The second-order valence-corrected chi connectivity index (χ2v) is 5.86. The molecule has 0 N–H and O–H groups in total. The van der Waals surface area contributed by atoms with E-state index in [4.69, 9.17) is 0 Å². The van der Waals surface area contributed by atoms with Gasteiger partial charge in [-0.15, -0.1) is 0 Å². The highest BCUT2D eigenvalue weighted by Gasteiger charge is 2.24. The molecular formula is C9H21N3O3S. The van der Waals surface area contributed by atoms with Crippen molar-refractivity contribution >= 4 is 16.1 Å². The highest BCUT2D eigenvalue weighted by molar-refractivity contribution is 7.86. The van der Waals surface area contributed by atoms with Crippen LogP contribution in [0.25, 0.3) is 0 Å². The van der Waals surface area contributed by atoms with Gasteiger partial charge in [-0.1, -0.05) is 0 Å². The smallest absolute Gasteiger partial charge is 0.281 e. The molecule has 0 radical (unpaired) electrons. The van der Waals surface area contributed by atoms with Gasteiger partial charge < -0.3 is 4.90 Å². The number of hydrogen-bond donors (Lipinski definition) is 0. The number of carbonyl (C=O) groups is 1. The first kappa shape index (κ1) is 15.3. The Morgan fingerprint density at radius 3 is 1.81 bits per heavy atom. The molecule has 0 aliphatic heterocycles. The molecule has 0 bridgehead atoms. The number of likely N-dealkylation sites (N-methyl/N-ethyl adjacent to an activating group) is 2. The van der Waals surface area contributed by atoms with Gasteiger partial charge in [0.1, 0.15) is 0 Å². The van der Waals surface area contributed by atoms with Gasteiger partial charge in [-0.3, -0.25) is 4.79 Å². The lowest BCUT2D eigenvalue weighted by Gasteiger charge is -2.24. The van der Waals surface area contributed by atoms with Crippen LogP contribution >= 0.6 is 0 Å². The van der Waals surface area contributed by atoms with Gasteiger partial charge in [0, 0.05) is 34.2 Å². The molecule has 7 heteroatoms. The molecule has 0 aliphatic carbocycles. The molecular weight excluding hydrogens is 230 g/mol. The molecule has 1 amide bonds. The lowest BCUT2D eigenvalue weighted by Crippen LogP contribution is -2.44. The zero-order valence-corrected chi connectivity index (χ0v) is 11.4. The van der Waals surface area contributed by atoms with Crippen LogP contribution in [0, 0.1) is 0 Å².